The third kappa shape index (κ3) is 4.60. The molecule has 29 heavy (non-hydrogen) atoms. The first-order valence-electron chi connectivity index (χ1n) is 8.34. The van der Waals surface area contributed by atoms with Gasteiger partial charge in [-0.2, -0.15) is 13.2 Å². The average molecular weight is 422 g/mol. The third-order valence-electron chi connectivity index (χ3n) is 4.24. The number of nitrogens with two attached hydrogens (primary N) is 1. The Hall–Kier alpha value is -3.26. The second-order valence-corrected chi connectivity index (χ2v) is 6.57. The molecule has 0 aliphatic carbocycles. The van der Waals surface area contributed by atoms with E-state index in [0.29, 0.717) is 11.4 Å². The lowest BCUT2D eigenvalue weighted by Crippen LogP contribution is -2.28. The van der Waals surface area contributed by atoms with Crippen molar-refractivity contribution in [3.05, 3.63) is 76.9 Å². The fraction of sp³-hybridized carbons (Fsp3) is 0.100. The highest BCUT2D eigenvalue weighted by Crippen LogP contribution is 2.37. The Morgan fingerprint density at radius 3 is 2.41 bits per heavy atom. The molecule has 1 heterocycles. The first kappa shape index (κ1) is 20.5. The predicted octanol–water partition coefficient (Wildman–Crippen LogP) is 5.69. The molecule has 9 heteroatoms. The summed E-state index contributed by atoms with van der Waals surface area (Å²) in [6, 6.07) is 13.4. The molecule has 0 spiro atoms. The smallest absolute Gasteiger partial charge is 0.417 e. The number of nitrogens with zero attached hydrogens (tertiary/aromatic N) is 2. The number of carbonyl (C=O) groups is 1. The van der Waals surface area contributed by atoms with Crippen LogP contribution in [-0.4, -0.2) is 16.2 Å². The van der Waals surface area contributed by atoms with Crippen molar-refractivity contribution in [2.24, 2.45) is 0 Å². The molecule has 0 aliphatic rings. The molecule has 0 unspecified atom stereocenters. The van der Waals surface area contributed by atoms with Crippen LogP contribution in [-0.2, 0) is 12.7 Å². The van der Waals surface area contributed by atoms with Crippen molar-refractivity contribution in [1.82, 2.24) is 4.98 Å². The summed E-state index contributed by atoms with van der Waals surface area (Å²) in [6.45, 7) is -0.142. The van der Waals surface area contributed by atoms with Crippen molar-refractivity contribution in [2.45, 2.75) is 12.7 Å². The summed E-state index contributed by atoms with van der Waals surface area (Å²) < 4.78 is 39.3. The minimum absolute atomic E-state index is 0.130. The summed E-state index contributed by atoms with van der Waals surface area (Å²) in [6.07, 6.45) is -4.51. The van der Waals surface area contributed by atoms with Crippen molar-refractivity contribution in [1.29, 1.82) is 0 Å². The summed E-state index contributed by atoms with van der Waals surface area (Å²) in [7, 11) is 0. The molecule has 1 amide bonds. The number of benzene rings is 2. The van der Waals surface area contributed by atoms with Crippen LogP contribution in [0.4, 0.5) is 29.5 Å². The van der Waals surface area contributed by atoms with Crippen molar-refractivity contribution in [3.63, 3.8) is 0 Å². The molecule has 0 aliphatic heterocycles. The topological polar surface area (TPSA) is 79.5 Å². The molecule has 3 aromatic rings. The normalized spacial score (nSPS) is 11.3. The van der Waals surface area contributed by atoms with E-state index in [1.165, 1.54) is 6.07 Å². The maximum atomic E-state index is 13.1. The van der Waals surface area contributed by atoms with E-state index in [0.717, 1.165) is 28.2 Å². The summed E-state index contributed by atoms with van der Waals surface area (Å²) in [5.74, 6) is 0.355. The summed E-state index contributed by atoms with van der Waals surface area (Å²) in [5, 5.41) is 9.01. The quantitative estimate of drug-likeness (QED) is 0.567. The third-order valence-corrected chi connectivity index (χ3v) is 4.57. The molecule has 1 aromatic heterocycles. The number of nitrogen functional groups attached to an aromatic ring is 1. The van der Waals surface area contributed by atoms with E-state index in [2.05, 4.69) is 4.98 Å². The minimum Gasteiger partial charge on any atom is -0.465 e. The number of amides is 1. The van der Waals surface area contributed by atoms with Crippen LogP contribution in [0.2, 0.25) is 5.02 Å². The fourth-order valence-corrected chi connectivity index (χ4v) is 3.03. The number of anilines is 2. The number of rotatable bonds is 4. The number of hydrogen-bond donors (Lipinski definition) is 2. The second-order valence-electron chi connectivity index (χ2n) is 6.16. The van der Waals surface area contributed by atoms with Crippen LogP contribution in [0.5, 0.6) is 0 Å². The van der Waals surface area contributed by atoms with Crippen molar-refractivity contribution < 1.29 is 23.1 Å². The van der Waals surface area contributed by atoms with E-state index >= 15 is 0 Å². The molecule has 0 bridgehead atoms. The maximum absolute atomic E-state index is 13.1. The number of carboxylic acid groups (broad SMARTS) is 1. The van der Waals surface area contributed by atoms with Gasteiger partial charge >= 0.3 is 12.3 Å². The number of hydrogen-bond acceptors (Lipinski definition) is 3. The Morgan fingerprint density at radius 1 is 1.14 bits per heavy atom. The van der Waals surface area contributed by atoms with Gasteiger partial charge in [0.05, 0.1) is 17.1 Å². The minimum atomic E-state index is -4.69. The summed E-state index contributed by atoms with van der Waals surface area (Å²) in [4.78, 5) is 16.5. The predicted molar refractivity (Wildman–Crippen MR) is 105 cm³/mol. The zero-order valence-corrected chi connectivity index (χ0v) is 15.6. The highest BCUT2D eigenvalue weighted by molar-refractivity contribution is 6.31. The molecule has 0 atom stereocenters. The first-order valence-corrected chi connectivity index (χ1v) is 8.71. The van der Waals surface area contributed by atoms with Crippen LogP contribution >= 0.6 is 11.6 Å². The molecule has 3 N–H and O–H groups in total. The molecule has 0 radical (unpaired) electrons. The number of halogens is 4. The van der Waals surface area contributed by atoms with E-state index < -0.39 is 22.9 Å². The first-order chi connectivity index (χ1) is 13.7. The van der Waals surface area contributed by atoms with Crippen LogP contribution < -0.4 is 10.6 Å². The molecule has 3 rings (SSSR count). The average Bonchev–Trinajstić information content (AvgIpc) is 2.66. The Morgan fingerprint density at radius 2 is 1.83 bits per heavy atom. The van der Waals surface area contributed by atoms with Gasteiger partial charge in [0.25, 0.3) is 0 Å². The van der Waals surface area contributed by atoms with Gasteiger partial charge in [-0.3, -0.25) is 4.90 Å². The van der Waals surface area contributed by atoms with Gasteiger partial charge in [0, 0.05) is 17.4 Å². The van der Waals surface area contributed by atoms with E-state index in [1.807, 2.05) is 0 Å². The maximum Gasteiger partial charge on any atom is 0.417 e. The summed E-state index contributed by atoms with van der Waals surface area (Å²) in [5.41, 5.74) is 6.72. The number of aromatic nitrogens is 1. The van der Waals surface area contributed by atoms with Gasteiger partial charge in [-0.05, 0) is 41.5 Å². The lowest BCUT2D eigenvalue weighted by atomic mass is 10.0. The van der Waals surface area contributed by atoms with E-state index in [4.69, 9.17) is 17.3 Å². The standard InChI is InChI=1S/C20H15ClF3N3O2/c21-17-8-7-14(10-16(17)20(22,23)24)27(19(28)29)11-12-3-5-13(6-4-12)15-2-1-9-26-18(15)25/h1-10H,11H2,(H2,25,26)(H,28,29). The monoisotopic (exact) mass is 421 g/mol. The van der Waals surface area contributed by atoms with Gasteiger partial charge in [0.1, 0.15) is 5.82 Å². The molecular weight excluding hydrogens is 407 g/mol. The van der Waals surface area contributed by atoms with E-state index in [9.17, 15) is 23.1 Å². The molecule has 0 saturated carbocycles. The van der Waals surface area contributed by atoms with Gasteiger partial charge < -0.3 is 10.8 Å². The van der Waals surface area contributed by atoms with Gasteiger partial charge in [0.15, 0.2) is 0 Å². The van der Waals surface area contributed by atoms with Gasteiger partial charge in [-0.15, -0.1) is 0 Å². The SMILES string of the molecule is Nc1ncccc1-c1ccc(CN(C(=O)O)c2ccc(Cl)c(C(F)(F)F)c2)cc1. The highest BCUT2D eigenvalue weighted by atomic mass is 35.5. The second kappa shape index (κ2) is 8.00. The van der Waals surface area contributed by atoms with Crippen LogP contribution in [0.1, 0.15) is 11.1 Å². The van der Waals surface area contributed by atoms with E-state index in [1.54, 1.807) is 42.6 Å². The zero-order chi connectivity index (χ0) is 21.2. The molecule has 150 valence electrons. The molecule has 0 saturated heterocycles. The zero-order valence-electron chi connectivity index (χ0n) is 14.8. The van der Waals surface area contributed by atoms with Crippen molar-refractivity contribution >= 4 is 29.2 Å². The van der Waals surface area contributed by atoms with Crippen LogP contribution in [0.15, 0.2) is 60.8 Å². The lowest BCUT2D eigenvalue weighted by molar-refractivity contribution is -0.137. The van der Waals surface area contributed by atoms with Gasteiger partial charge in [0.2, 0.25) is 0 Å². The Labute approximate surface area is 169 Å². The Kier molecular flexibility index (Phi) is 5.65. The van der Waals surface area contributed by atoms with Crippen molar-refractivity contribution in [2.75, 3.05) is 10.6 Å². The molecular formula is C20H15ClF3N3O2. The largest absolute Gasteiger partial charge is 0.465 e. The molecule has 0 fully saturated rings. The van der Waals surface area contributed by atoms with E-state index in [-0.39, 0.29) is 12.2 Å². The number of alkyl halides is 3. The lowest BCUT2D eigenvalue weighted by Gasteiger charge is -2.21. The molecule has 5 nitrogen and oxygen atoms in total. The fourth-order valence-electron chi connectivity index (χ4n) is 2.80. The van der Waals surface area contributed by atoms with Crippen LogP contribution in [0.3, 0.4) is 0 Å². The Bertz CT molecular complexity index is 1040. The Balaban J connectivity index is 1.89. The van der Waals surface area contributed by atoms with Crippen molar-refractivity contribution in [3.8, 4) is 11.1 Å². The highest BCUT2D eigenvalue weighted by Gasteiger charge is 2.34. The van der Waals surface area contributed by atoms with Crippen LogP contribution in [0.25, 0.3) is 11.1 Å². The summed E-state index contributed by atoms with van der Waals surface area (Å²) >= 11 is 5.61. The van der Waals surface area contributed by atoms with Gasteiger partial charge in [-0.1, -0.05) is 35.9 Å². The molecule has 2 aromatic carbocycles. The van der Waals surface area contributed by atoms with Gasteiger partial charge in [-0.25, -0.2) is 9.78 Å². The van der Waals surface area contributed by atoms with Crippen LogP contribution in [0, 0.1) is 0 Å². The number of pyridine rings is 1.